The first-order chi connectivity index (χ1) is 16.5. The average Bonchev–Trinajstić information content (AvgIpc) is 2.86. The summed E-state index contributed by atoms with van der Waals surface area (Å²) in [7, 11) is 0. The lowest BCUT2D eigenvalue weighted by atomic mass is 10.0. The van der Waals surface area contributed by atoms with E-state index < -0.39 is 0 Å². The fourth-order valence-corrected chi connectivity index (χ4v) is 4.09. The first kappa shape index (κ1) is 23.6. The normalized spacial score (nSPS) is 11.3. The van der Waals surface area contributed by atoms with Crippen molar-refractivity contribution in [1.82, 2.24) is 20.2 Å². The molecule has 0 saturated carbocycles. The predicted molar refractivity (Wildman–Crippen MR) is 139 cm³/mol. The maximum atomic E-state index is 13.3. The van der Waals surface area contributed by atoms with E-state index in [1.807, 2.05) is 55.5 Å². The lowest BCUT2D eigenvalue weighted by Gasteiger charge is -2.26. The number of fused-ring (bicyclic) bond motifs is 1. The van der Waals surface area contributed by atoms with E-state index in [4.69, 9.17) is 4.98 Å². The van der Waals surface area contributed by atoms with E-state index >= 15 is 0 Å². The first-order valence-corrected chi connectivity index (χ1v) is 11.9. The summed E-state index contributed by atoms with van der Waals surface area (Å²) >= 11 is 0. The molecule has 0 bridgehead atoms. The van der Waals surface area contributed by atoms with Crippen LogP contribution in [-0.2, 0) is 6.54 Å². The van der Waals surface area contributed by atoms with Crippen LogP contribution >= 0.6 is 0 Å². The number of aromatic nitrogens is 2. The summed E-state index contributed by atoms with van der Waals surface area (Å²) in [6.07, 6.45) is 2.62. The lowest BCUT2D eigenvalue weighted by molar-refractivity contribution is 0.0952. The number of amides is 1. The molecular weight excluding hydrogens is 420 g/mol. The number of nitrogens with zero attached hydrogens (tertiary/aromatic N) is 3. The van der Waals surface area contributed by atoms with Crippen molar-refractivity contribution in [3.8, 4) is 11.4 Å². The Balaban J connectivity index is 1.46. The third-order valence-electron chi connectivity index (χ3n) is 6.00. The third-order valence-corrected chi connectivity index (χ3v) is 6.00. The van der Waals surface area contributed by atoms with Gasteiger partial charge in [-0.3, -0.25) is 14.7 Å². The van der Waals surface area contributed by atoms with Gasteiger partial charge in [0.05, 0.1) is 22.5 Å². The Morgan fingerprint density at radius 3 is 2.50 bits per heavy atom. The maximum Gasteiger partial charge on any atom is 0.252 e. The molecule has 0 radical (unpaired) electrons. The summed E-state index contributed by atoms with van der Waals surface area (Å²) < 4.78 is 0. The van der Waals surface area contributed by atoms with Gasteiger partial charge in [-0.25, -0.2) is 4.98 Å². The van der Waals surface area contributed by atoms with Gasteiger partial charge in [0, 0.05) is 37.3 Å². The van der Waals surface area contributed by atoms with Gasteiger partial charge >= 0.3 is 0 Å². The zero-order chi connectivity index (χ0) is 23.9. The molecule has 0 saturated heterocycles. The zero-order valence-corrected chi connectivity index (χ0v) is 20.2. The maximum absolute atomic E-state index is 13.3. The van der Waals surface area contributed by atoms with Gasteiger partial charge in [0.2, 0.25) is 0 Å². The summed E-state index contributed by atoms with van der Waals surface area (Å²) in [4.78, 5) is 24.9. The van der Waals surface area contributed by atoms with E-state index in [2.05, 4.69) is 53.3 Å². The number of pyridine rings is 2. The van der Waals surface area contributed by atoms with Crippen molar-refractivity contribution in [3.63, 3.8) is 0 Å². The molecule has 0 spiro atoms. The number of nitrogens with one attached hydrogen (secondary N) is 1. The van der Waals surface area contributed by atoms with Gasteiger partial charge in [-0.1, -0.05) is 48.0 Å². The van der Waals surface area contributed by atoms with Crippen molar-refractivity contribution >= 4 is 16.8 Å². The molecule has 5 nitrogen and oxygen atoms in total. The SMILES string of the molecule is Cc1ccc2nc(-c3ccccn3)cc(C(=O)NCCCN(Cc3ccccc3)C(C)C)c2c1. The van der Waals surface area contributed by atoms with Crippen LogP contribution in [0.4, 0.5) is 0 Å². The molecular formula is C29H32N4O. The standard InChI is InChI=1S/C29H32N4O/c1-21(2)33(20-23-10-5-4-6-11-23)17-9-16-31-29(34)25-19-28(27-12-7-8-15-30-27)32-26-14-13-22(3)18-24(25)26/h4-8,10-15,18-19,21H,9,16-17,20H2,1-3H3,(H,31,34). The zero-order valence-electron chi connectivity index (χ0n) is 20.2. The van der Waals surface area contributed by atoms with Crippen LogP contribution in [0.1, 0.15) is 41.8 Å². The predicted octanol–water partition coefficient (Wildman–Crippen LogP) is 5.64. The molecule has 1 amide bonds. The molecule has 0 aliphatic rings. The van der Waals surface area contributed by atoms with Crippen molar-refractivity contribution in [3.05, 3.63) is 95.7 Å². The molecule has 1 N–H and O–H groups in total. The number of benzene rings is 2. The average molecular weight is 453 g/mol. The molecule has 4 aromatic rings. The Hall–Kier alpha value is -3.57. The van der Waals surface area contributed by atoms with Crippen LogP contribution in [0, 0.1) is 6.92 Å². The van der Waals surface area contributed by atoms with E-state index in [9.17, 15) is 4.79 Å². The van der Waals surface area contributed by atoms with E-state index in [1.165, 1.54) is 5.56 Å². The van der Waals surface area contributed by atoms with Crippen molar-refractivity contribution in [2.45, 2.75) is 39.8 Å². The first-order valence-electron chi connectivity index (χ1n) is 11.9. The van der Waals surface area contributed by atoms with Crippen molar-refractivity contribution in [1.29, 1.82) is 0 Å². The van der Waals surface area contributed by atoms with Gasteiger partial charge in [0.15, 0.2) is 0 Å². The van der Waals surface area contributed by atoms with Crippen LogP contribution in [0.5, 0.6) is 0 Å². The van der Waals surface area contributed by atoms with Crippen molar-refractivity contribution in [2.75, 3.05) is 13.1 Å². The van der Waals surface area contributed by atoms with Crippen molar-refractivity contribution in [2.24, 2.45) is 0 Å². The number of carbonyl (C=O) groups is 1. The van der Waals surface area contributed by atoms with Gasteiger partial charge in [-0.05, 0) is 63.1 Å². The second-order valence-electron chi connectivity index (χ2n) is 8.95. The minimum Gasteiger partial charge on any atom is -0.352 e. The number of carbonyl (C=O) groups excluding carboxylic acids is 1. The molecule has 5 heteroatoms. The molecule has 4 rings (SSSR count). The highest BCUT2D eigenvalue weighted by molar-refractivity contribution is 6.07. The number of aryl methyl sites for hydroxylation is 1. The van der Waals surface area contributed by atoms with Crippen LogP contribution in [0.15, 0.2) is 79.0 Å². The molecule has 34 heavy (non-hydrogen) atoms. The lowest BCUT2D eigenvalue weighted by Crippen LogP contribution is -2.34. The molecule has 0 aliphatic carbocycles. The summed E-state index contributed by atoms with van der Waals surface area (Å²) in [5, 5.41) is 4.00. The number of hydrogen-bond acceptors (Lipinski definition) is 4. The number of rotatable bonds is 9. The second kappa shape index (κ2) is 11.0. The Morgan fingerprint density at radius 2 is 1.76 bits per heavy atom. The Morgan fingerprint density at radius 1 is 0.971 bits per heavy atom. The molecule has 2 aromatic carbocycles. The van der Waals surface area contributed by atoms with E-state index in [0.29, 0.717) is 23.8 Å². The van der Waals surface area contributed by atoms with Crippen molar-refractivity contribution < 1.29 is 4.79 Å². The number of hydrogen-bond donors (Lipinski definition) is 1. The van der Waals surface area contributed by atoms with E-state index in [0.717, 1.165) is 41.7 Å². The Kier molecular flexibility index (Phi) is 7.65. The minimum absolute atomic E-state index is 0.0747. The fourth-order valence-electron chi connectivity index (χ4n) is 4.09. The van der Waals surface area contributed by atoms with Gasteiger partial charge in [-0.15, -0.1) is 0 Å². The summed E-state index contributed by atoms with van der Waals surface area (Å²) in [6, 6.07) is 24.5. The minimum atomic E-state index is -0.0747. The third kappa shape index (κ3) is 5.86. The van der Waals surface area contributed by atoms with E-state index in [-0.39, 0.29) is 5.91 Å². The largest absolute Gasteiger partial charge is 0.352 e. The molecule has 0 aliphatic heterocycles. The van der Waals surface area contributed by atoms with Gasteiger partial charge in [0.25, 0.3) is 5.91 Å². The molecule has 0 unspecified atom stereocenters. The Labute approximate surface area is 201 Å². The highest BCUT2D eigenvalue weighted by Gasteiger charge is 2.15. The molecule has 2 aromatic heterocycles. The van der Waals surface area contributed by atoms with Crippen LogP contribution < -0.4 is 5.32 Å². The van der Waals surface area contributed by atoms with Crippen LogP contribution in [0.25, 0.3) is 22.3 Å². The molecule has 0 fully saturated rings. The highest BCUT2D eigenvalue weighted by atomic mass is 16.1. The molecule has 0 atom stereocenters. The summed E-state index contributed by atoms with van der Waals surface area (Å²) in [5.74, 6) is -0.0747. The van der Waals surface area contributed by atoms with Crippen LogP contribution in [0.2, 0.25) is 0 Å². The Bertz CT molecular complexity index is 1240. The second-order valence-corrected chi connectivity index (χ2v) is 8.95. The van der Waals surface area contributed by atoms with Gasteiger partial charge in [-0.2, -0.15) is 0 Å². The van der Waals surface area contributed by atoms with Gasteiger partial charge < -0.3 is 5.32 Å². The topological polar surface area (TPSA) is 58.1 Å². The molecule has 174 valence electrons. The fraction of sp³-hybridized carbons (Fsp3) is 0.276. The highest BCUT2D eigenvalue weighted by Crippen LogP contribution is 2.24. The summed E-state index contributed by atoms with van der Waals surface area (Å²) in [6.45, 7) is 8.90. The van der Waals surface area contributed by atoms with E-state index in [1.54, 1.807) is 6.20 Å². The summed E-state index contributed by atoms with van der Waals surface area (Å²) in [5.41, 5.74) is 5.30. The van der Waals surface area contributed by atoms with Crippen LogP contribution in [0.3, 0.4) is 0 Å². The quantitative estimate of drug-likeness (QED) is 0.334. The smallest absolute Gasteiger partial charge is 0.252 e. The van der Waals surface area contributed by atoms with Gasteiger partial charge in [0.1, 0.15) is 0 Å². The molecule has 2 heterocycles. The van der Waals surface area contributed by atoms with Crippen LogP contribution in [-0.4, -0.2) is 39.9 Å². The monoisotopic (exact) mass is 452 g/mol.